The Morgan fingerprint density at radius 1 is 1.18 bits per heavy atom. The maximum absolute atomic E-state index is 9.73. The third kappa shape index (κ3) is 2.91. The zero-order valence-electron chi connectivity index (χ0n) is 10.8. The van der Waals surface area contributed by atoms with Crippen molar-refractivity contribution in [1.82, 2.24) is 4.90 Å². The minimum Gasteiger partial charge on any atom is -0.508 e. The standard InChI is InChI=1S/C14H22N2O/c1-3-6-15-7-9-16(10-8-15)13-5-4-12(2)14(17)11-13/h4-5,11,17H,3,6-10H2,1-2H3. The second-order valence-electron chi connectivity index (χ2n) is 4.80. The normalized spacial score (nSPS) is 17.4. The molecule has 1 fully saturated rings. The van der Waals surface area contributed by atoms with Crippen molar-refractivity contribution in [2.45, 2.75) is 20.3 Å². The molecule has 0 radical (unpaired) electrons. The molecule has 0 unspecified atom stereocenters. The lowest BCUT2D eigenvalue weighted by atomic mass is 10.1. The molecule has 2 rings (SSSR count). The van der Waals surface area contributed by atoms with E-state index in [0.29, 0.717) is 5.75 Å². The van der Waals surface area contributed by atoms with Crippen LogP contribution in [-0.2, 0) is 0 Å². The van der Waals surface area contributed by atoms with E-state index in [1.54, 1.807) is 0 Å². The summed E-state index contributed by atoms with van der Waals surface area (Å²) in [4.78, 5) is 4.86. The number of benzene rings is 1. The van der Waals surface area contributed by atoms with Gasteiger partial charge in [0.05, 0.1) is 0 Å². The number of aryl methyl sites for hydroxylation is 1. The van der Waals surface area contributed by atoms with Gasteiger partial charge < -0.3 is 10.0 Å². The molecule has 1 aliphatic rings. The molecule has 1 aromatic rings. The van der Waals surface area contributed by atoms with Crippen LogP contribution in [0.25, 0.3) is 0 Å². The van der Waals surface area contributed by atoms with Crippen LogP contribution in [0.2, 0.25) is 0 Å². The summed E-state index contributed by atoms with van der Waals surface area (Å²) < 4.78 is 0. The van der Waals surface area contributed by atoms with Crippen LogP contribution in [0.15, 0.2) is 18.2 Å². The number of hydrogen-bond acceptors (Lipinski definition) is 3. The topological polar surface area (TPSA) is 26.7 Å². The molecule has 0 spiro atoms. The van der Waals surface area contributed by atoms with Gasteiger partial charge in [0, 0.05) is 37.9 Å². The van der Waals surface area contributed by atoms with Gasteiger partial charge in [-0.25, -0.2) is 0 Å². The van der Waals surface area contributed by atoms with Crippen molar-refractivity contribution >= 4 is 5.69 Å². The molecule has 0 aliphatic carbocycles. The number of aromatic hydroxyl groups is 1. The van der Waals surface area contributed by atoms with Crippen molar-refractivity contribution in [3.63, 3.8) is 0 Å². The molecule has 1 N–H and O–H groups in total. The highest BCUT2D eigenvalue weighted by Gasteiger charge is 2.16. The maximum atomic E-state index is 9.73. The van der Waals surface area contributed by atoms with Gasteiger partial charge in [0.1, 0.15) is 5.75 Å². The summed E-state index contributed by atoms with van der Waals surface area (Å²) in [6, 6.07) is 5.97. The Kier molecular flexibility index (Phi) is 3.89. The highest BCUT2D eigenvalue weighted by atomic mass is 16.3. The number of rotatable bonds is 3. The molecule has 1 saturated heterocycles. The first-order chi connectivity index (χ1) is 8.20. The highest BCUT2D eigenvalue weighted by Crippen LogP contribution is 2.24. The minimum absolute atomic E-state index is 0.401. The van der Waals surface area contributed by atoms with Crippen LogP contribution in [0.5, 0.6) is 5.75 Å². The molecular weight excluding hydrogens is 212 g/mol. The quantitative estimate of drug-likeness (QED) is 0.869. The van der Waals surface area contributed by atoms with E-state index in [4.69, 9.17) is 0 Å². The Labute approximate surface area is 104 Å². The van der Waals surface area contributed by atoms with Gasteiger partial charge in [-0.2, -0.15) is 0 Å². The molecule has 0 bridgehead atoms. The smallest absolute Gasteiger partial charge is 0.120 e. The first kappa shape index (κ1) is 12.2. The number of piperazine rings is 1. The first-order valence-corrected chi connectivity index (χ1v) is 6.47. The number of phenolic OH excluding ortho intramolecular Hbond substituents is 1. The molecule has 1 heterocycles. The average Bonchev–Trinajstić information content (AvgIpc) is 2.34. The van der Waals surface area contributed by atoms with Crippen LogP contribution >= 0.6 is 0 Å². The highest BCUT2D eigenvalue weighted by molar-refractivity contribution is 5.53. The number of hydrogen-bond donors (Lipinski definition) is 1. The van der Waals surface area contributed by atoms with Crippen molar-refractivity contribution < 1.29 is 5.11 Å². The van der Waals surface area contributed by atoms with Gasteiger partial charge in [-0.05, 0) is 31.5 Å². The lowest BCUT2D eigenvalue weighted by Gasteiger charge is -2.36. The fourth-order valence-corrected chi connectivity index (χ4v) is 2.34. The predicted octanol–water partition coefficient (Wildman–Crippen LogP) is 2.23. The van der Waals surface area contributed by atoms with Gasteiger partial charge in [0.2, 0.25) is 0 Å². The molecule has 0 aromatic heterocycles. The van der Waals surface area contributed by atoms with Crippen LogP contribution in [-0.4, -0.2) is 42.7 Å². The summed E-state index contributed by atoms with van der Waals surface area (Å²) in [5, 5.41) is 9.73. The van der Waals surface area contributed by atoms with Crippen LogP contribution in [0.3, 0.4) is 0 Å². The van der Waals surface area contributed by atoms with Crippen molar-refractivity contribution in [1.29, 1.82) is 0 Å². The van der Waals surface area contributed by atoms with Gasteiger partial charge in [-0.3, -0.25) is 4.90 Å². The molecule has 0 amide bonds. The van der Waals surface area contributed by atoms with Crippen LogP contribution in [0.4, 0.5) is 5.69 Å². The lowest BCUT2D eigenvalue weighted by molar-refractivity contribution is 0.258. The van der Waals surface area contributed by atoms with Gasteiger partial charge >= 0.3 is 0 Å². The molecule has 17 heavy (non-hydrogen) atoms. The van der Waals surface area contributed by atoms with Crippen LogP contribution < -0.4 is 4.90 Å². The molecule has 0 atom stereocenters. The molecule has 94 valence electrons. The Morgan fingerprint density at radius 2 is 1.88 bits per heavy atom. The summed E-state index contributed by atoms with van der Waals surface area (Å²) in [6.07, 6.45) is 1.23. The number of phenols is 1. The fraction of sp³-hybridized carbons (Fsp3) is 0.571. The second-order valence-corrected chi connectivity index (χ2v) is 4.80. The summed E-state index contributed by atoms with van der Waals surface area (Å²) in [5.41, 5.74) is 2.09. The van der Waals surface area contributed by atoms with E-state index in [9.17, 15) is 5.11 Å². The van der Waals surface area contributed by atoms with Gasteiger partial charge in [0.15, 0.2) is 0 Å². The van der Waals surface area contributed by atoms with E-state index >= 15 is 0 Å². The Hall–Kier alpha value is -1.22. The zero-order chi connectivity index (χ0) is 12.3. The summed E-state index contributed by atoms with van der Waals surface area (Å²) >= 11 is 0. The van der Waals surface area contributed by atoms with E-state index in [0.717, 1.165) is 37.4 Å². The summed E-state index contributed by atoms with van der Waals surface area (Å²) in [6.45, 7) is 9.73. The average molecular weight is 234 g/mol. The largest absolute Gasteiger partial charge is 0.508 e. The fourth-order valence-electron chi connectivity index (χ4n) is 2.34. The van der Waals surface area contributed by atoms with Gasteiger partial charge in [0.25, 0.3) is 0 Å². The van der Waals surface area contributed by atoms with Gasteiger partial charge in [-0.1, -0.05) is 13.0 Å². The van der Waals surface area contributed by atoms with E-state index in [-0.39, 0.29) is 0 Å². The molecule has 3 heteroatoms. The SMILES string of the molecule is CCCN1CCN(c2ccc(C)c(O)c2)CC1. The second kappa shape index (κ2) is 5.41. The predicted molar refractivity (Wildman–Crippen MR) is 71.8 cm³/mol. The van der Waals surface area contributed by atoms with E-state index in [2.05, 4.69) is 22.8 Å². The molecule has 1 aliphatic heterocycles. The first-order valence-electron chi connectivity index (χ1n) is 6.47. The van der Waals surface area contributed by atoms with E-state index < -0.39 is 0 Å². The Morgan fingerprint density at radius 3 is 2.47 bits per heavy atom. The maximum Gasteiger partial charge on any atom is 0.120 e. The van der Waals surface area contributed by atoms with Crippen LogP contribution in [0, 0.1) is 6.92 Å². The summed E-state index contributed by atoms with van der Waals surface area (Å²) in [7, 11) is 0. The van der Waals surface area contributed by atoms with Crippen molar-refractivity contribution in [2.24, 2.45) is 0 Å². The zero-order valence-corrected chi connectivity index (χ0v) is 10.8. The van der Waals surface area contributed by atoms with Crippen molar-refractivity contribution in [2.75, 3.05) is 37.6 Å². The van der Waals surface area contributed by atoms with Gasteiger partial charge in [-0.15, -0.1) is 0 Å². The third-order valence-electron chi connectivity index (χ3n) is 3.47. The van der Waals surface area contributed by atoms with Crippen LogP contribution in [0.1, 0.15) is 18.9 Å². The van der Waals surface area contributed by atoms with Crippen molar-refractivity contribution in [3.05, 3.63) is 23.8 Å². The lowest BCUT2D eigenvalue weighted by Crippen LogP contribution is -2.46. The minimum atomic E-state index is 0.401. The molecule has 3 nitrogen and oxygen atoms in total. The van der Waals surface area contributed by atoms with E-state index in [1.807, 2.05) is 19.1 Å². The molecule has 1 aromatic carbocycles. The van der Waals surface area contributed by atoms with Crippen molar-refractivity contribution in [3.8, 4) is 5.75 Å². The Balaban J connectivity index is 1.98. The molecular formula is C14H22N2O. The third-order valence-corrected chi connectivity index (χ3v) is 3.47. The monoisotopic (exact) mass is 234 g/mol. The van der Waals surface area contributed by atoms with E-state index in [1.165, 1.54) is 13.0 Å². The molecule has 0 saturated carbocycles. The Bertz CT molecular complexity index is 370. The number of nitrogens with zero attached hydrogens (tertiary/aromatic N) is 2. The summed E-state index contributed by atoms with van der Waals surface area (Å²) in [5.74, 6) is 0.401. The number of anilines is 1.